The Morgan fingerprint density at radius 2 is 2.29 bits per heavy atom. The Balaban J connectivity index is 1.39. The van der Waals surface area contributed by atoms with Crippen LogP contribution in [0.25, 0.3) is 11.6 Å². The lowest BCUT2D eigenvalue weighted by Gasteiger charge is -2.35. The van der Waals surface area contributed by atoms with Crippen molar-refractivity contribution in [3.8, 4) is 17.3 Å². The maximum absolute atomic E-state index is 5.38. The molecule has 0 saturated carbocycles. The zero-order valence-corrected chi connectivity index (χ0v) is 18.0. The van der Waals surface area contributed by atoms with Crippen LogP contribution in [0.5, 0.6) is 5.75 Å². The molecule has 31 heavy (non-hydrogen) atoms. The van der Waals surface area contributed by atoms with Crippen molar-refractivity contribution in [3.63, 3.8) is 0 Å². The van der Waals surface area contributed by atoms with Crippen LogP contribution in [0.2, 0.25) is 0 Å². The number of guanidine groups is 1. The fourth-order valence-electron chi connectivity index (χ4n) is 3.69. The maximum Gasteiger partial charge on any atom is 0.216 e. The van der Waals surface area contributed by atoms with Crippen molar-refractivity contribution in [2.75, 3.05) is 31.6 Å². The molecule has 1 atom stereocenters. The highest BCUT2D eigenvalue weighted by molar-refractivity contribution is 5.80. The van der Waals surface area contributed by atoms with Crippen LogP contribution in [0.15, 0.2) is 52.1 Å². The summed E-state index contributed by atoms with van der Waals surface area (Å²) < 4.78 is 10.7. The molecule has 3 N–H and O–H groups in total. The quantitative estimate of drug-likeness (QED) is 0.397. The van der Waals surface area contributed by atoms with Crippen LogP contribution in [0, 0.1) is 0 Å². The van der Waals surface area contributed by atoms with Gasteiger partial charge in [-0.25, -0.2) is 9.98 Å². The van der Waals surface area contributed by atoms with Gasteiger partial charge in [-0.05, 0) is 44.0 Å². The highest BCUT2D eigenvalue weighted by Gasteiger charge is 2.21. The molecule has 0 bridgehead atoms. The molecule has 2 aromatic heterocycles. The lowest BCUT2D eigenvalue weighted by molar-refractivity contribution is 0.414. The number of aromatic nitrogens is 3. The number of nitrogens with zero attached hydrogens (tertiary/aromatic N) is 4. The number of piperidine rings is 1. The van der Waals surface area contributed by atoms with Crippen LogP contribution in [-0.4, -0.2) is 53.9 Å². The number of ether oxygens (including phenoxy) is 1. The fourth-order valence-corrected chi connectivity index (χ4v) is 3.69. The van der Waals surface area contributed by atoms with Gasteiger partial charge >= 0.3 is 0 Å². The number of anilines is 1. The Morgan fingerprint density at radius 3 is 3.10 bits per heavy atom. The van der Waals surface area contributed by atoms with Gasteiger partial charge in [0.15, 0.2) is 11.7 Å². The lowest BCUT2D eigenvalue weighted by atomic mass is 10.0. The summed E-state index contributed by atoms with van der Waals surface area (Å²) in [5.41, 5.74) is 1.18. The van der Waals surface area contributed by atoms with Crippen LogP contribution in [0.4, 0.5) is 5.69 Å². The topological polar surface area (TPSA) is 104 Å². The average molecular weight is 424 g/mol. The van der Waals surface area contributed by atoms with E-state index in [1.165, 1.54) is 5.69 Å². The van der Waals surface area contributed by atoms with Gasteiger partial charge in [-0.15, -0.1) is 5.10 Å². The molecular weight excluding hydrogens is 394 g/mol. The number of aromatic amines is 1. The van der Waals surface area contributed by atoms with E-state index in [1.807, 2.05) is 24.3 Å². The van der Waals surface area contributed by atoms with Crippen LogP contribution in [0.1, 0.15) is 25.6 Å². The largest absolute Gasteiger partial charge is 0.497 e. The normalized spacial score (nSPS) is 16.9. The first-order chi connectivity index (χ1) is 15.2. The Hall–Kier alpha value is -3.49. The third-order valence-corrected chi connectivity index (χ3v) is 5.19. The van der Waals surface area contributed by atoms with Crippen LogP contribution in [0.3, 0.4) is 0 Å². The van der Waals surface area contributed by atoms with Crippen LogP contribution < -0.4 is 20.3 Å². The molecule has 164 valence electrons. The Morgan fingerprint density at radius 1 is 1.35 bits per heavy atom. The number of benzene rings is 1. The summed E-state index contributed by atoms with van der Waals surface area (Å²) in [6, 6.07) is 12.2. The molecule has 4 rings (SSSR count). The number of furan rings is 1. The van der Waals surface area contributed by atoms with Crippen LogP contribution in [-0.2, 0) is 6.54 Å². The number of aliphatic imine (C=N–C) groups is 1. The smallest absolute Gasteiger partial charge is 0.216 e. The van der Waals surface area contributed by atoms with Crippen molar-refractivity contribution in [2.24, 2.45) is 4.99 Å². The molecular formula is C22H29N7O2. The van der Waals surface area contributed by atoms with E-state index in [-0.39, 0.29) is 0 Å². The van der Waals surface area contributed by atoms with Crippen molar-refractivity contribution in [1.82, 2.24) is 25.8 Å². The highest BCUT2D eigenvalue weighted by Crippen LogP contribution is 2.24. The van der Waals surface area contributed by atoms with Crippen molar-refractivity contribution < 1.29 is 9.15 Å². The molecule has 3 heterocycles. The van der Waals surface area contributed by atoms with Gasteiger partial charge in [-0.2, -0.15) is 0 Å². The Labute approximate surface area is 181 Å². The SMILES string of the molecule is CCNC(=NCc1nc(-c2ccco2)n[nH]1)NC1CCCN(c2cccc(OC)c2)C1. The molecule has 1 aliphatic heterocycles. The lowest BCUT2D eigenvalue weighted by Crippen LogP contribution is -2.51. The van der Waals surface area contributed by atoms with Crippen molar-refractivity contribution in [2.45, 2.75) is 32.4 Å². The second-order valence-electron chi connectivity index (χ2n) is 7.41. The number of nitrogens with one attached hydrogen (secondary N) is 3. The molecule has 0 radical (unpaired) electrons. The van der Waals surface area contributed by atoms with Crippen molar-refractivity contribution in [3.05, 3.63) is 48.5 Å². The number of hydrogen-bond acceptors (Lipinski definition) is 6. The molecule has 9 heteroatoms. The maximum atomic E-state index is 5.38. The monoisotopic (exact) mass is 423 g/mol. The van der Waals surface area contributed by atoms with Gasteiger partial charge in [0.2, 0.25) is 5.82 Å². The van der Waals surface area contributed by atoms with E-state index >= 15 is 0 Å². The number of methoxy groups -OCH3 is 1. The predicted molar refractivity (Wildman–Crippen MR) is 120 cm³/mol. The standard InChI is InChI=1S/C22H29N7O2/c1-3-23-22(24-14-20-26-21(28-27-20)19-10-6-12-31-19)25-16-7-5-11-29(15-16)17-8-4-9-18(13-17)30-2/h4,6,8-10,12-13,16H,3,5,7,11,14-15H2,1-2H3,(H2,23,24,25)(H,26,27,28). The molecule has 0 aliphatic carbocycles. The third-order valence-electron chi connectivity index (χ3n) is 5.19. The van der Waals surface area contributed by atoms with E-state index in [0.29, 0.717) is 30.0 Å². The molecule has 1 saturated heterocycles. The summed E-state index contributed by atoms with van der Waals surface area (Å²) in [4.78, 5) is 11.5. The fraction of sp³-hybridized carbons (Fsp3) is 0.409. The van der Waals surface area contributed by atoms with Crippen LogP contribution >= 0.6 is 0 Å². The predicted octanol–water partition coefficient (Wildman–Crippen LogP) is 2.80. The summed E-state index contributed by atoms with van der Waals surface area (Å²) in [7, 11) is 1.70. The van der Waals surface area contributed by atoms with Gasteiger partial charge in [0.25, 0.3) is 0 Å². The zero-order valence-electron chi connectivity index (χ0n) is 18.0. The third kappa shape index (κ3) is 5.36. The van der Waals surface area contributed by atoms with Gasteiger partial charge < -0.3 is 24.7 Å². The average Bonchev–Trinajstić information content (AvgIpc) is 3.50. The first kappa shape index (κ1) is 20.8. The number of hydrogen-bond donors (Lipinski definition) is 3. The van der Waals surface area contributed by atoms with E-state index in [0.717, 1.165) is 44.2 Å². The van der Waals surface area contributed by atoms with Crippen molar-refractivity contribution in [1.29, 1.82) is 0 Å². The second kappa shape index (κ2) is 10.0. The van der Waals surface area contributed by atoms with Gasteiger partial charge in [0.1, 0.15) is 18.1 Å². The van der Waals surface area contributed by atoms with E-state index in [4.69, 9.17) is 9.15 Å². The summed E-state index contributed by atoms with van der Waals surface area (Å²) in [5.74, 6) is 3.51. The second-order valence-corrected chi connectivity index (χ2v) is 7.41. The summed E-state index contributed by atoms with van der Waals surface area (Å²) in [5, 5.41) is 14.0. The molecule has 3 aromatic rings. The van der Waals surface area contributed by atoms with Gasteiger partial charge in [0, 0.05) is 37.4 Å². The van der Waals surface area contributed by atoms with E-state index in [1.54, 1.807) is 13.4 Å². The molecule has 1 aliphatic rings. The molecule has 1 aromatic carbocycles. The Bertz CT molecular complexity index is 983. The van der Waals surface area contributed by atoms with Crippen molar-refractivity contribution >= 4 is 11.6 Å². The summed E-state index contributed by atoms with van der Waals surface area (Å²) in [6.45, 7) is 5.18. The minimum Gasteiger partial charge on any atom is -0.497 e. The number of H-pyrrole nitrogens is 1. The first-order valence-corrected chi connectivity index (χ1v) is 10.6. The Kier molecular flexibility index (Phi) is 6.71. The highest BCUT2D eigenvalue weighted by atomic mass is 16.5. The minimum atomic E-state index is 0.297. The van der Waals surface area contributed by atoms with E-state index < -0.39 is 0 Å². The zero-order chi connectivity index (χ0) is 21.5. The van der Waals surface area contributed by atoms with Gasteiger partial charge in [-0.1, -0.05) is 6.07 Å². The molecule has 9 nitrogen and oxygen atoms in total. The molecule has 0 amide bonds. The summed E-state index contributed by atoms with van der Waals surface area (Å²) >= 11 is 0. The first-order valence-electron chi connectivity index (χ1n) is 10.6. The summed E-state index contributed by atoms with van der Waals surface area (Å²) in [6.07, 6.45) is 3.81. The van der Waals surface area contributed by atoms with E-state index in [2.05, 4.69) is 54.8 Å². The molecule has 1 fully saturated rings. The molecule has 1 unspecified atom stereocenters. The van der Waals surface area contributed by atoms with E-state index in [9.17, 15) is 0 Å². The minimum absolute atomic E-state index is 0.297. The molecule has 0 spiro atoms. The van der Waals surface area contributed by atoms with Gasteiger partial charge in [0.05, 0.1) is 13.4 Å². The number of rotatable bonds is 7. The van der Waals surface area contributed by atoms with Gasteiger partial charge in [-0.3, -0.25) is 5.10 Å².